The molecule has 0 spiro atoms. The maximum atomic E-state index is 5.48. The van der Waals surface area contributed by atoms with Crippen molar-refractivity contribution >= 4 is 12.4 Å². The molecule has 0 aromatic heterocycles. The molecule has 1 nitrogen and oxygen atoms in total. The first kappa shape index (κ1) is 8.81. The second-order valence-corrected chi connectivity index (χ2v) is 2.45. The molecule has 0 aliphatic heterocycles. The van der Waals surface area contributed by atoms with E-state index in [9.17, 15) is 0 Å². The molecule has 0 radical (unpaired) electrons. The summed E-state index contributed by atoms with van der Waals surface area (Å²) >= 11 is 0. The van der Waals surface area contributed by atoms with E-state index in [4.69, 9.17) is 12.2 Å². The molecule has 0 bridgehead atoms. The highest BCUT2D eigenvalue weighted by molar-refractivity contribution is 5.85. The second kappa shape index (κ2) is 3.76. The van der Waals surface area contributed by atoms with Crippen LogP contribution >= 0.6 is 12.4 Å². The molecule has 0 heterocycles. The van der Waals surface area contributed by atoms with Crippen LogP contribution in [-0.2, 0) is 0 Å². The maximum Gasteiger partial charge on any atom is 0.0664 e. The van der Waals surface area contributed by atoms with Crippen molar-refractivity contribution in [3.8, 4) is 12.3 Å². The van der Waals surface area contributed by atoms with Crippen molar-refractivity contribution in [2.24, 2.45) is 11.7 Å². The van der Waals surface area contributed by atoms with Crippen molar-refractivity contribution in [1.29, 1.82) is 0 Å². The van der Waals surface area contributed by atoms with Crippen molar-refractivity contribution in [3.05, 3.63) is 0 Å². The van der Waals surface area contributed by atoms with Crippen LogP contribution in [0.1, 0.15) is 19.3 Å². The van der Waals surface area contributed by atoms with Gasteiger partial charge in [-0.25, -0.2) is 0 Å². The molecular formula is C7H12ClN. The molecule has 1 unspecified atom stereocenters. The van der Waals surface area contributed by atoms with Gasteiger partial charge in [0.25, 0.3) is 0 Å². The molecule has 1 fully saturated rings. The first-order chi connectivity index (χ1) is 3.83. The van der Waals surface area contributed by atoms with E-state index in [0.717, 1.165) is 12.3 Å². The van der Waals surface area contributed by atoms with Gasteiger partial charge in [0.05, 0.1) is 6.04 Å². The molecule has 1 atom stereocenters. The minimum Gasteiger partial charge on any atom is -0.318 e. The number of hydrogen-bond donors (Lipinski definition) is 1. The van der Waals surface area contributed by atoms with Crippen molar-refractivity contribution in [1.82, 2.24) is 0 Å². The third kappa shape index (κ3) is 3.40. The summed E-state index contributed by atoms with van der Waals surface area (Å²) in [6.45, 7) is 0. The highest BCUT2D eigenvalue weighted by Crippen LogP contribution is 2.32. The summed E-state index contributed by atoms with van der Waals surface area (Å²) in [6.07, 6.45) is 8.80. The Kier molecular flexibility index (Phi) is 3.68. The number of terminal acetylenes is 1. The lowest BCUT2D eigenvalue weighted by Gasteiger charge is -1.98. The fourth-order valence-corrected chi connectivity index (χ4v) is 0.781. The van der Waals surface area contributed by atoms with E-state index in [2.05, 4.69) is 5.92 Å². The zero-order chi connectivity index (χ0) is 5.98. The third-order valence-electron chi connectivity index (χ3n) is 1.50. The number of halogens is 1. The Hall–Kier alpha value is -0.190. The lowest BCUT2D eigenvalue weighted by molar-refractivity contribution is 0.667. The molecule has 0 aromatic rings. The first-order valence-corrected chi connectivity index (χ1v) is 3.04. The Bertz CT molecular complexity index is 113. The molecule has 0 saturated heterocycles. The summed E-state index contributed by atoms with van der Waals surface area (Å²) in [4.78, 5) is 0. The molecule has 2 N–H and O–H groups in total. The van der Waals surface area contributed by atoms with Gasteiger partial charge < -0.3 is 5.73 Å². The van der Waals surface area contributed by atoms with Gasteiger partial charge in [-0.3, -0.25) is 0 Å². The van der Waals surface area contributed by atoms with Crippen LogP contribution in [0.15, 0.2) is 0 Å². The molecule has 1 aliphatic rings. The van der Waals surface area contributed by atoms with Gasteiger partial charge in [0.1, 0.15) is 0 Å². The summed E-state index contributed by atoms with van der Waals surface area (Å²) in [5.41, 5.74) is 5.48. The standard InChI is InChI=1S/C7H11N.ClH/c1-2-7(8)5-6-3-4-6;/h1,6-7H,3-5,8H2;1H. The van der Waals surface area contributed by atoms with Crippen molar-refractivity contribution < 1.29 is 0 Å². The lowest BCUT2D eigenvalue weighted by Crippen LogP contribution is -2.17. The number of nitrogens with two attached hydrogens (primary N) is 1. The van der Waals surface area contributed by atoms with E-state index in [-0.39, 0.29) is 18.4 Å². The number of hydrogen-bond acceptors (Lipinski definition) is 1. The van der Waals surface area contributed by atoms with Crippen molar-refractivity contribution in [2.75, 3.05) is 0 Å². The van der Waals surface area contributed by atoms with Crippen molar-refractivity contribution in [3.63, 3.8) is 0 Å². The van der Waals surface area contributed by atoms with Crippen LogP contribution in [0.4, 0.5) is 0 Å². The van der Waals surface area contributed by atoms with Crippen LogP contribution in [-0.4, -0.2) is 6.04 Å². The first-order valence-electron chi connectivity index (χ1n) is 3.04. The van der Waals surface area contributed by atoms with Crippen LogP contribution in [0.2, 0.25) is 0 Å². The Morgan fingerprint density at radius 1 is 1.67 bits per heavy atom. The largest absolute Gasteiger partial charge is 0.318 e. The SMILES string of the molecule is C#CC(N)CC1CC1.Cl. The fraction of sp³-hybridized carbons (Fsp3) is 0.714. The zero-order valence-corrected chi connectivity index (χ0v) is 6.16. The highest BCUT2D eigenvalue weighted by atomic mass is 35.5. The molecule has 9 heavy (non-hydrogen) atoms. The van der Waals surface area contributed by atoms with Crippen LogP contribution < -0.4 is 5.73 Å². The van der Waals surface area contributed by atoms with Gasteiger partial charge in [-0.2, -0.15) is 0 Å². The summed E-state index contributed by atoms with van der Waals surface area (Å²) in [5.74, 6) is 3.38. The van der Waals surface area contributed by atoms with E-state index in [1.807, 2.05) is 0 Å². The monoisotopic (exact) mass is 145 g/mol. The Labute approximate surface area is 62.4 Å². The summed E-state index contributed by atoms with van der Waals surface area (Å²) in [6, 6.07) is 0.0162. The van der Waals surface area contributed by atoms with Gasteiger partial charge in [0, 0.05) is 0 Å². The van der Waals surface area contributed by atoms with Gasteiger partial charge in [0.15, 0.2) is 0 Å². The molecule has 2 heteroatoms. The van der Waals surface area contributed by atoms with E-state index in [0.29, 0.717) is 0 Å². The van der Waals surface area contributed by atoms with E-state index >= 15 is 0 Å². The highest BCUT2D eigenvalue weighted by Gasteiger charge is 2.22. The number of rotatable bonds is 2. The predicted octanol–water partition coefficient (Wildman–Crippen LogP) is 1.17. The molecule has 0 amide bonds. The lowest BCUT2D eigenvalue weighted by atomic mass is 10.2. The van der Waals surface area contributed by atoms with E-state index < -0.39 is 0 Å². The average Bonchev–Trinajstić information content (AvgIpc) is 2.50. The van der Waals surface area contributed by atoms with Crippen LogP contribution in [0.25, 0.3) is 0 Å². The van der Waals surface area contributed by atoms with Crippen molar-refractivity contribution in [2.45, 2.75) is 25.3 Å². The molecule has 1 aliphatic carbocycles. The van der Waals surface area contributed by atoms with Gasteiger partial charge in [-0.15, -0.1) is 18.8 Å². The molecule has 0 aromatic carbocycles. The fourth-order valence-electron chi connectivity index (χ4n) is 0.781. The molecule has 1 saturated carbocycles. The smallest absolute Gasteiger partial charge is 0.0664 e. The Morgan fingerprint density at radius 3 is 2.56 bits per heavy atom. The zero-order valence-electron chi connectivity index (χ0n) is 5.34. The third-order valence-corrected chi connectivity index (χ3v) is 1.50. The second-order valence-electron chi connectivity index (χ2n) is 2.45. The average molecular weight is 146 g/mol. The molecule has 1 rings (SSSR count). The van der Waals surface area contributed by atoms with E-state index in [1.54, 1.807) is 0 Å². The van der Waals surface area contributed by atoms with Crippen LogP contribution in [0, 0.1) is 18.3 Å². The van der Waals surface area contributed by atoms with Crippen LogP contribution in [0.3, 0.4) is 0 Å². The van der Waals surface area contributed by atoms with Crippen LogP contribution in [0.5, 0.6) is 0 Å². The quantitative estimate of drug-likeness (QED) is 0.580. The minimum absolute atomic E-state index is 0. The van der Waals surface area contributed by atoms with Gasteiger partial charge in [-0.05, 0) is 12.3 Å². The summed E-state index contributed by atoms with van der Waals surface area (Å²) in [5, 5.41) is 0. The topological polar surface area (TPSA) is 26.0 Å². The van der Waals surface area contributed by atoms with Gasteiger partial charge >= 0.3 is 0 Å². The minimum atomic E-state index is 0. The van der Waals surface area contributed by atoms with Gasteiger partial charge in [0.2, 0.25) is 0 Å². The predicted molar refractivity (Wildman–Crippen MR) is 41.4 cm³/mol. The summed E-state index contributed by atoms with van der Waals surface area (Å²) in [7, 11) is 0. The van der Waals surface area contributed by atoms with E-state index in [1.165, 1.54) is 12.8 Å². The molecular weight excluding hydrogens is 134 g/mol. The summed E-state index contributed by atoms with van der Waals surface area (Å²) < 4.78 is 0. The Morgan fingerprint density at radius 2 is 2.22 bits per heavy atom. The molecule has 52 valence electrons. The normalized spacial score (nSPS) is 19.6. The van der Waals surface area contributed by atoms with Gasteiger partial charge in [-0.1, -0.05) is 18.8 Å². The maximum absolute atomic E-state index is 5.48. The Balaban J connectivity index is 0.000000640.